The lowest BCUT2D eigenvalue weighted by Crippen LogP contribution is -2.37. The molecule has 3 aromatic rings. The summed E-state index contributed by atoms with van der Waals surface area (Å²) < 4.78 is 7.84. The maximum Gasteiger partial charge on any atom is 0.222 e. The number of hydrogen-bond acceptors (Lipinski definition) is 7. The summed E-state index contributed by atoms with van der Waals surface area (Å²) in [4.78, 5) is 20.4. The van der Waals surface area contributed by atoms with Gasteiger partial charge in [-0.05, 0) is 57.0 Å². The lowest BCUT2D eigenvalue weighted by molar-refractivity contribution is 0.138. The third-order valence-corrected chi connectivity index (χ3v) is 5.70. The molecular weight excluding hydrogens is 378 g/mol. The average Bonchev–Trinajstić information content (AvgIpc) is 3.13. The van der Waals surface area contributed by atoms with Crippen molar-refractivity contribution in [1.82, 2.24) is 29.4 Å². The molecule has 0 amide bonds. The van der Waals surface area contributed by atoms with Gasteiger partial charge < -0.3 is 19.5 Å². The van der Waals surface area contributed by atoms with Gasteiger partial charge in [-0.25, -0.2) is 19.9 Å². The van der Waals surface area contributed by atoms with Crippen LogP contribution in [0, 0.1) is 5.92 Å². The number of anilines is 1. The standard InChI is InChI=1S/C22H31N7O/c1-2-30-16-15-29-20(27-19-5-3-8-23-21(19)29)17-18-6-12-28(13-7-18)14-11-26-22-24-9-4-10-25-22/h3-5,8-10,18H,2,6-7,11-17H2,1H3,(H,24,25,26). The van der Waals surface area contributed by atoms with Crippen LogP contribution in [0.5, 0.6) is 0 Å². The predicted octanol–water partition coefficient (Wildman–Crippen LogP) is 2.62. The van der Waals surface area contributed by atoms with Crippen molar-refractivity contribution in [2.45, 2.75) is 32.7 Å². The minimum absolute atomic E-state index is 0.661. The van der Waals surface area contributed by atoms with Crippen molar-refractivity contribution in [3.05, 3.63) is 42.6 Å². The molecule has 8 heteroatoms. The van der Waals surface area contributed by atoms with Crippen LogP contribution in [0.1, 0.15) is 25.6 Å². The number of ether oxygens (including phenoxy) is 1. The highest BCUT2D eigenvalue weighted by Crippen LogP contribution is 2.23. The monoisotopic (exact) mass is 409 g/mol. The zero-order chi connectivity index (χ0) is 20.6. The second kappa shape index (κ2) is 10.4. The third kappa shape index (κ3) is 5.31. The Labute approximate surface area is 177 Å². The Morgan fingerprint density at radius 2 is 1.87 bits per heavy atom. The molecule has 160 valence electrons. The number of rotatable bonds is 10. The van der Waals surface area contributed by atoms with E-state index in [0.29, 0.717) is 18.5 Å². The first-order valence-electron chi connectivity index (χ1n) is 10.9. The van der Waals surface area contributed by atoms with E-state index in [0.717, 1.165) is 62.7 Å². The Hall–Kier alpha value is -2.58. The van der Waals surface area contributed by atoms with Gasteiger partial charge in [0, 0.05) is 51.3 Å². The minimum atomic E-state index is 0.661. The molecule has 0 radical (unpaired) electrons. The fourth-order valence-electron chi connectivity index (χ4n) is 4.08. The molecule has 0 unspecified atom stereocenters. The fourth-order valence-corrected chi connectivity index (χ4v) is 4.08. The second-order valence-electron chi connectivity index (χ2n) is 7.71. The molecule has 0 atom stereocenters. The summed E-state index contributed by atoms with van der Waals surface area (Å²) in [6.07, 6.45) is 8.77. The van der Waals surface area contributed by atoms with Gasteiger partial charge in [0.05, 0.1) is 6.61 Å². The number of nitrogens with zero attached hydrogens (tertiary/aromatic N) is 6. The van der Waals surface area contributed by atoms with Crippen molar-refractivity contribution >= 4 is 17.1 Å². The SMILES string of the molecule is CCOCCn1c(CC2CCN(CCNc3ncccn3)CC2)nc2cccnc21. The second-order valence-corrected chi connectivity index (χ2v) is 7.71. The number of pyridine rings is 1. The van der Waals surface area contributed by atoms with Crippen LogP contribution in [0.2, 0.25) is 0 Å². The van der Waals surface area contributed by atoms with Crippen LogP contribution in [0.4, 0.5) is 5.95 Å². The van der Waals surface area contributed by atoms with E-state index in [1.807, 2.05) is 25.3 Å². The van der Waals surface area contributed by atoms with Gasteiger partial charge >= 0.3 is 0 Å². The van der Waals surface area contributed by atoms with Gasteiger partial charge in [0.15, 0.2) is 5.65 Å². The Morgan fingerprint density at radius 1 is 1.07 bits per heavy atom. The zero-order valence-electron chi connectivity index (χ0n) is 17.7. The molecule has 4 rings (SSSR count). The van der Waals surface area contributed by atoms with Crippen molar-refractivity contribution in [2.75, 3.05) is 44.7 Å². The van der Waals surface area contributed by atoms with E-state index >= 15 is 0 Å². The first-order valence-corrected chi connectivity index (χ1v) is 10.9. The molecule has 0 aliphatic carbocycles. The molecule has 0 saturated carbocycles. The Balaban J connectivity index is 1.29. The summed E-state index contributed by atoms with van der Waals surface area (Å²) in [5.74, 6) is 2.51. The van der Waals surface area contributed by atoms with Crippen LogP contribution in [0.15, 0.2) is 36.8 Å². The molecule has 1 aliphatic heterocycles. The topological polar surface area (TPSA) is 81.0 Å². The molecule has 1 fully saturated rings. The lowest BCUT2D eigenvalue weighted by atomic mass is 9.93. The van der Waals surface area contributed by atoms with Crippen molar-refractivity contribution in [1.29, 1.82) is 0 Å². The molecule has 3 aromatic heterocycles. The summed E-state index contributed by atoms with van der Waals surface area (Å²) in [5, 5.41) is 3.29. The Bertz CT molecular complexity index is 906. The number of likely N-dealkylation sites (tertiary alicyclic amines) is 1. The van der Waals surface area contributed by atoms with Crippen LogP contribution < -0.4 is 5.32 Å². The van der Waals surface area contributed by atoms with Crippen molar-refractivity contribution < 1.29 is 4.74 Å². The normalized spacial score (nSPS) is 15.6. The van der Waals surface area contributed by atoms with Gasteiger partial charge in [-0.2, -0.15) is 0 Å². The lowest BCUT2D eigenvalue weighted by Gasteiger charge is -2.31. The third-order valence-electron chi connectivity index (χ3n) is 5.70. The first-order chi connectivity index (χ1) is 14.8. The molecule has 1 N–H and O–H groups in total. The van der Waals surface area contributed by atoms with Gasteiger partial charge in [0.1, 0.15) is 11.3 Å². The average molecular weight is 410 g/mol. The van der Waals surface area contributed by atoms with Crippen LogP contribution >= 0.6 is 0 Å². The number of hydrogen-bond donors (Lipinski definition) is 1. The maximum absolute atomic E-state index is 5.59. The van der Waals surface area contributed by atoms with E-state index in [2.05, 4.69) is 35.8 Å². The first kappa shape index (κ1) is 20.7. The summed E-state index contributed by atoms with van der Waals surface area (Å²) in [6, 6.07) is 5.84. The van der Waals surface area contributed by atoms with Gasteiger partial charge in [0.25, 0.3) is 0 Å². The molecule has 0 bridgehead atoms. The molecule has 0 spiro atoms. The number of fused-ring (bicyclic) bond motifs is 1. The van der Waals surface area contributed by atoms with Gasteiger partial charge in [-0.15, -0.1) is 0 Å². The van der Waals surface area contributed by atoms with Gasteiger partial charge in [-0.1, -0.05) is 0 Å². The molecule has 8 nitrogen and oxygen atoms in total. The summed E-state index contributed by atoms with van der Waals surface area (Å²) >= 11 is 0. The van der Waals surface area contributed by atoms with Crippen LogP contribution in [-0.2, 0) is 17.7 Å². The van der Waals surface area contributed by atoms with Gasteiger partial charge in [0.2, 0.25) is 5.95 Å². The number of aromatic nitrogens is 5. The number of piperidine rings is 1. The molecule has 0 aromatic carbocycles. The van der Waals surface area contributed by atoms with Crippen LogP contribution in [0.25, 0.3) is 11.2 Å². The summed E-state index contributed by atoms with van der Waals surface area (Å²) in [7, 11) is 0. The maximum atomic E-state index is 5.59. The predicted molar refractivity (Wildman–Crippen MR) is 117 cm³/mol. The molecule has 1 aliphatic rings. The van der Waals surface area contributed by atoms with Crippen molar-refractivity contribution in [3.63, 3.8) is 0 Å². The highest BCUT2D eigenvalue weighted by atomic mass is 16.5. The van der Waals surface area contributed by atoms with Crippen molar-refractivity contribution in [2.24, 2.45) is 5.92 Å². The number of nitrogens with one attached hydrogen (secondary N) is 1. The van der Waals surface area contributed by atoms with Crippen molar-refractivity contribution in [3.8, 4) is 0 Å². The Morgan fingerprint density at radius 3 is 2.67 bits per heavy atom. The molecule has 30 heavy (non-hydrogen) atoms. The zero-order valence-corrected chi connectivity index (χ0v) is 17.7. The van der Waals surface area contributed by atoms with E-state index in [1.165, 1.54) is 12.8 Å². The van der Waals surface area contributed by atoms with Gasteiger partial charge in [-0.3, -0.25) is 0 Å². The molecule has 1 saturated heterocycles. The van der Waals surface area contributed by atoms with E-state index in [4.69, 9.17) is 9.72 Å². The highest BCUT2D eigenvalue weighted by molar-refractivity contribution is 5.71. The minimum Gasteiger partial charge on any atom is -0.380 e. The quantitative estimate of drug-likeness (QED) is 0.516. The smallest absolute Gasteiger partial charge is 0.222 e. The van der Waals surface area contributed by atoms with Crippen LogP contribution in [0.3, 0.4) is 0 Å². The van der Waals surface area contributed by atoms with E-state index < -0.39 is 0 Å². The largest absolute Gasteiger partial charge is 0.380 e. The number of imidazole rings is 1. The van der Waals surface area contributed by atoms with Crippen LogP contribution in [-0.4, -0.2) is 68.8 Å². The van der Waals surface area contributed by atoms with E-state index in [-0.39, 0.29) is 0 Å². The molecular formula is C22H31N7O. The summed E-state index contributed by atoms with van der Waals surface area (Å²) in [6.45, 7) is 8.40. The summed E-state index contributed by atoms with van der Waals surface area (Å²) in [5.41, 5.74) is 1.95. The van der Waals surface area contributed by atoms with E-state index in [1.54, 1.807) is 12.4 Å². The molecule has 4 heterocycles. The highest BCUT2D eigenvalue weighted by Gasteiger charge is 2.22. The Kier molecular flexibility index (Phi) is 7.20. The van der Waals surface area contributed by atoms with E-state index in [9.17, 15) is 0 Å². The fraction of sp³-hybridized carbons (Fsp3) is 0.545.